The number of likely N-dealkylation sites (tertiary alicyclic amines) is 1. The van der Waals surface area contributed by atoms with Crippen molar-refractivity contribution in [1.82, 2.24) is 4.90 Å². The Bertz CT molecular complexity index is 527. The maximum Gasteiger partial charge on any atom is 0.222 e. The molecule has 0 bridgehead atoms. The lowest BCUT2D eigenvalue weighted by molar-refractivity contribution is -0.134. The third-order valence-corrected chi connectivity index (χ3v) is 6.00. The van der Waals surface area contributed by atoms with Crippen LogP contribution >= 0.6 is 28.3 Å². The van der Waals surface area contributed by atoms with Gasteiger partial charge in [0.25, 0.3) is 0 Å². The van der Waals surface area contributed by atoms with Crippen molar-refractivity contribution in [2.75, 3.05) is 18.8 Å². The fourth-order valence-corrected chi connectivity index (χ4v) is 4.12. The van der Waals surface area contributed by atoms with Crippen molar-refractivity contribution in [2.45, 2.75) is 43.0 Å². The largest absolute Gasteiger partial charge is 0.338 e. The fraction of sp³-hybridized carbons (Fsp3) is 0.562. The molecule has 2 N–H and O–H groups in total. The molecule has 1 saturated heterocycles. The minimum atomic E-state index is -1.04. The Morgan fingerprint density at radius 2 is 2.00 bits per heavy atom. The molecule has 7 heteroatoms. The van der Waals surface area contributed by atoms with Gasteiger partial charge in [0.2, 0.25) is 5.91 Å². The predicted octanol–water partition coefficient (Wildman–Crippen LogP) is 3.10. The summed E-state index contributed by atoms with van der Waals surface area (Å²) in [5.41, 5.74) is 5.75. The molecule has 1 aromatic rings. The molecule has 1 amide bonds. The topological polar surface area (TPSA) is 63.4 Å². The fourth-order valence-electron chi connectivity index (χ4n) is 2.78. The van der Waals surface area contributed by atoms with Crippen LogP contribution in [0.4, 0.5) is 0 Å². The van der Waals surface area contributed by atoms with Crippen molar-refractivity contribution in [3.05, 3.63) is 28.7 Å². The molecule has 1 fully saturated rings. The number of piperidine rings is 1. The summed E-state index contributed by atoms with van der Waals surface area (Å²) in [5, 5.41) is 0. The summed E-state index contributed by atoms with van der Waals surface area (Å²) in [6.45, 7) is 1.35. The lowest BCUT2D eigenvalue weighted by Gasteiger charge is -2.35. The van der Waals surface area contributed by atoms with Crippen LogP contribution < -0.4 is 5.73 Å². The first-order valence-corrected chi connectivity index (χ1v) is 9.86. The molecule has 0 saturated carbocycles. The summed E-state index contributed by atoms with van der Waals surface area (Å²) in [5.74, 6) is 0.678. The summed E-state index contributed by atoms with van der Waals surface area (Å²) in [4.78, 5) is 15.0. The van der Waals surface area contributed by atoms with Gasteiger partial charge in [0, 0.05) is 40.7 Å². The second-order valence-electron chi connectivity index (χ2n) is 5.58. The molecule has 1 heterocycles. The van der Waals surface area contributed by atoms with Gasteiger partial charge in [0.1, 0.15) is 0 Å². The van der Waals surface area contributed by atoms with Gasteiger partial charge in [0.05, 0.1) is 10.8 Å². The Morgan fingerprint density at radius 1 is 1.30 bits per heavy atom. The number of carbonyl (C=O) groups is 1. The zero-order valence-corrected chi connectivity index (χ0v) is 16.3. The van der Waals surface area contributed by atoms with Gasteiger partial charge >= 0.3 is 0 Å². The van der Waals surface area contributed by atoms with Crippen LogP contribution in [-0.2, 0) is 15.6 Å². The number of halogens is 2. The molecular formula is C16H24BrClN2O2S. The lowest BCUT2D eigenvalue weighted by atomic mass is 10.0. The van der Waals surface area contributed by atoms with Crippen LogP contribution in [0.5, 0.6) is 0 Å². The van der Waals surface area contributed by atoms with Crippen LogP contribution in [0.25, 0.3) is 0 Å². The van der Waals surface area contributed by atoms with Crippen LogP contribution in [0.3, 0.4) is 0 Å². The summed E-state index contributed by atoms with van der Waals surface area (Å²) >= 11 is 3.36. The number of hydrogen-bond acceptors (Lipinski definition) is 3. The van der Waals surface area contributed by atoms with Gasteiger partial charge in [-0.1, -0.05) is 15.9 Å². The van der Waals surface area contributed by atoms with Gasteiger partial charge < -0.3 is 10.6 Å². The molecule has 0 aromatic heterocycles. The van der Waals surface area contributed by atoms with E-state index >= 15 is 0 Å². The van der Waals surface area contributed by atoms with Crippen LogP contribution in [0.1, 0.15) is 32.1 Å². The van der Waals surface area contributed by atoms with Crippen molar-refractivity contribution in [2.24, 2.45) is 5.73 Å². The molecule has 0 aliphatic carbocycles. The second kappa shape index (κ2) is 10.4. The summed E-state index contributed by atoms with van der Waals surface area (Å²) in [6, 6.07) is 7.68. The molecule has 0 radical (unpaired) electrons. The van der Waals surface area contributed by atoms with Gasteiger partial charge in [-0.25, -0.2) is 0 Å². The highest BCUT2D eigenvalue weighted by atomic mass is 79.9. The molecule has 1 aliphatic rings. The SMILES string of the molecule is Cl.NCC1CCCCN1C(=O)CCCS(=O)c1ccc(Br)cc1. The number of carbonyl (C=O) groups excluding carboxylic acids is 1. The van der Waals surface area contributed by atoms with Crippen molar-refractivity contribution in [1.29, 1.82) is 0 Å². The Labute approximate surface area is 155 Å². The highest BCUT2D eigenvalue weighted by Crippen LogP contribution is 2.18. The third kappa shape index (κ3) is 6.18. The molecule has 4 nitrogen and oxygen atoms in total. The van der Waals surface area contributed by atoms with E-state index in [1.54, 1.807) is 0 Å². The van der Waals surface area contributed by atoms with E-state index in [2.05, 4.69) is 15.9 Å². The van der Waals surface area contributed by atoms with E-state index in [0.29, 0.717) is 25.1 Å². The number of rotatable bonds is 6. The molecule has 1 aliphatic heterocycles. The second-order valence-corrected chi connectivity index (χ2v) is 8.07. The molecular weight excluding hydrogens is 400 g/mol. The van der Waals surface area contributed by atoms with Gasteiger partial charge in [0.15, 0.2) is 0 Å². The quantitative estimate of drug-likeness (QED) is 0.764. The molecule has 0 spiro atoms. The van der Waals surface area contributed by atoms with E-state index in [0.717, 1.165) is 35.2 Å². The third-order valence-electron chi connectivity index (χ3n) is 4.02. The number of benzene rings is 1. The van der Waals surface area contributed by atoms with Crippen molar-refractivity contribution >= 4 is 45.0 Å². The summed E-state index contributed by atoms with van der Waals surface area (Å²) in [6.07, 6.45) is 4.33. The molecule has 2 rings (SSSR count). The smallest absolute Gasteiger partial charge is 0.222 e. The molecule has 23 heavy (non-hydrogen) atoms. The number of hydrogen-bond donors (Lipinski definition) is 1. The van der Waals surface area contributed by atoms with E-state index in [4.69, 9.17) is 5.73 Å². The van der Waals surface area contributed by atoms with Crippen molar-refractivity contribution < 1.29 is 9.00 Å². The van der Waals surface area contributed by atoms with E-state index in [9.17, 15) is 9.00 Å². The molecule has 130 valence electrons. The van der Waals surface area contributed by atoms with Crippen LogP contribution in [0, 0.1) is 0 Å². The number of nitrogens with two attached hydrogens (primary N) is 1. The number of nitrogens with zero attached hydrogens (tertiary/aromatic N) is 1. The maximum atomic E-state index is 12.3. The minimum Gasteiger partial charge on any atom is -0.338 e. The van der Waals surface area contributed by atoms with Gasteiger partial charge in [-0.15, -0.1) is 12.4 Å². The van der Waals surface area contributed by atoms with Crippen LogP contribution in [0.2, 0.25) is 0 Å². The van der Waals surface area contributed by atoms with E-state index in [1.165, 1.54) is 0 Å². The Kier molecular flexibility index (Phi) is 9.36. The molecule has 2 atom stereocenters. The first kappa shape index (κ1) is 20.6. The monoisotopic (exact) mass is 422 g/mol. The van der Waals surface area contributed by atoms with Crippen LogP contribution in [-0.4, -0.2) is 39.9 Å². The van der Waals surface area contributed by atoms with Crippen molar-refractivity contribution in [3.63, 3.8) is 0 Å². The zero-order valence-electron chi connectivity index (χ0n) is 13.1. The summed E-state index contributed by atoms with van der Waals surface area (Å²) in [7, 11) is -1.04. The van der Waals surface area contributed by atoms with Gasteiger partial charge in [-0.2, -0.15) is 0 Å². The molecule has 1 aromatic carbocycles. The normalized spacial score (nSPS) is 19.0. The average molecular weight is 424 g/mol. The molecule has 2 unspecified atom stereocenters. The predicted molar refractivity (Wildman–Crippen MR) is 100 cm³/mol. The van der Waals surface area contributed by atoms with Gasteiger partial charge in [-0.3, -0.25) is 9.00 Å². The Morgan fingerprint density at radius 3 is 2.65 bits per heavy atom. The van der Waals surface area contributed by atoms with E-state index in [-0.39, 0.29) is 24.4 Å². The van der Waals surface area contributed by atoms with E-state index < -0.39 is 10.8 Å². The highest BCUT2D eigenvalue weighted by molar-refractivity contribution is 9.10. The Balaban J connectivity index is 0.00000264. The standard InChI is InChI=1S/C16H23BrN2O2S.ClH/c17-13-6-8-15(9-7-13)22(21)11-3-5-16(20)19-10-2-1-4-14(19)12-18;/h6-9,14H,1-5,10-12,18H2;1H. The lowest BCUT2D eigenvalue weighted by Crippen LogP contribution is -2.47. The highest BCUT2D eigenvalue weighted by Gasteiger charge is 2.25. The van der Waals surface area contributed by atoms with Crippen LogP contribution in [0.15, 0.2) is 33.6 Å². The van der Waals surface area contributed by atoms with Crippen molar-refractivity contribution in [3.8, 4) is 0 Å². The first-order valence-electron chi connectivity index (χ1n) is 7.75. The Hall–Kier alpha value is -0.430. The summed E-state index contributed by atoms with van der Waals surface area (Å²) < 4.78 is 13.2. The average Bonchev–Trinajstić information content (AvgIpc) is 2.55. The first-order chi connectivity index (χ1) is 10.6. The van der Waals surface area contributed by atoms with E-state index in [1.807, 2.05) is 29.2 Å². The number of amides is 1. The zero-order chi connectivity index (χ0) is 15.9. The minimum absolute atomic E-state index is 0. The van der Waals surface area contributed by atoms with Gasteiger partial charge in [-0.05, 0) is 49.9 Å². The maximum absolute atomic E-state index is 12.3.